The van der Waals surface area contributed by atoms with Crippen molar-refractivity contribution >= 4 is 44.6 Å². The van der Waals surface area contributed by atoms with Crippen LogP contribution in [0.1, 0.15) is 36.6 Å². The van der Waals surface area contributed by atoms with Gasteiger partial charge in [0, 0.05) is 55.0 Å². The number of piperazine rings is 1. The molecule has 0 radical (unpaired) electrons. The number of thiophene rings is 1. The van der Waals surface area contributed by atoms with E-state index < -0.39 is 11.7 Å². The molecule has 6 nitrogen and oxygen atoms in total. The predicted molar refractivity (Wildman–Crippen MR) is 140 cm³/mol. The van der Waals surface area contributed by atoms with Crippen molar-refractivity contribution in [3.05, 3.63) is 87.2 Å². The number of thiazole rings is 1. The van der Waals surface area contributed by atoms with Crippen LogP contribution in [0.4, 0.5) is 13.2 Å². The Balaban J connectivity index is 1.21. The van der Waals surface area contributed by atoms with Gasteiger partial charge in [0.25, 0.3) is 11.8 Å². The molecule has 196 valence electrons. The van der Waals surface area contributed by atoms with E-state index in [0.29, 0.717) is 52.7 Å². The summed E-state index contributed by atoms with van der Waals surface area (Å²) in [5.74, 6) is -0.231. The number of fused-ring (bicyclic) bond motifs is 1. The van der Waals surface area contributed by atoms with Crippen molar-refractivity contribution in [2.45, 2.75) is 18.3 Å². The molecule has 6 rings (SSSR count). The third kappa shape index (κ3) is 4.70. The fraction of sp³-hybridized carbons (Fsp3) is 0.296. The summed E-state index contributed by atoms with van der Waals surface area (Å²) in [6, 6.07) is 14.9. The number of halogens is 3. The number of nitrogens with zero attached hydrogens (tertiary/aromatic N) is 4. The van der Waals surface area contributed by atoms with E-state index in [4.69, 9.17) is 0 Å². The average molecular weight is 557 g/mol. The lowest BCUT2D eigenvalue weighted by molar-refractivity contribution is -0.137. The number of aromatic nitrogens is 1. The first-order valence-corrected chi connectivity index (χ1v) is 13.9. The Kier molecular flexibility index (Phi) is 6.45. The number of carbonyl (C=O) groups is 2. The molecule has 2 fully saturated rings. The smallest absolute Gasteiger partial charge is 0.333 e. The molecule has 2 aromatic heterocycles. The van der Waals surface area contributed by atoms with Crippen LogP contribution in [0.5, 0.6) is 0 Å². The number of benzene rings is 2. The van der Waals surface area contributed by atoms with E-state index in [1.54, 1.807) is 22.5 Å². The van der Waals surface area contributed by atoms with Crippen molar-refractivity contribution < 1.29 is 22.8 Å². The van der Waals surface area contributed by atoms with Crippen molar-refractivity contribution in [2.75, 3.05) is 32.7 Å². The van der Waals surface area contributed by atoms with Crippen LogP contribution >= 0.6 is 22.7 Å². The summed E-state index contributed by atoms with van der Waals surface area (Å²) in [6.07, 6.45) is -2.81. The van der Waals surface area contributed by atoms with E-state index in [1.807, 2.05) is 35.2 Å². The number of hydrogen-bond donors (Lipinski definition) is 0. The summed E-state index contributed by atoms with van der Waals surface area (Å²) < 4.78 is 40.2. The Bertz CT molecular complexity index is 1470. The molecule has 2 saturated heterocycles. The lowest BCUT2D eigenvalue weighted by Crippen LogP contribution is -2.64. The van der Waals surface area contributed by atoms with Gasteiger partial charge in [-0.3, -0.25) is 14.5 Å². The summed E-state index contributed by atoms with van der Waals surface area (Å²) in [7, 11) is 0. The zero-order valence-corrected chi connectivity index (χ0v) is 21.7. The van der Waals surface area contributed by atoms with Crippen molar-refractivity contribution in [1.29, 1.82) is 0 Å². The summed E-state index contributed by atoms with van der Waals surface area (Å²) in [6.45, 7) is 2.99. The monoisotopic (exact) mass is 556 g/mol. The molecule has 0 spiro atoms. The maximum absolute atomic E-state index is 13.7. The molecule has 4 heterocycles. The van der Waals surface area contributed by atoms with Gasteiger partial charge in [0.15, 0.2) is 5.01 Å². The molecular formula is C27H23F3N4O2S2. The van der Waals surface area contributed by atoms with Gasteiger partial charge < -0.3 is 9.80 Å². The lowest BCUT2D eigenvalue weighted by atomic mass is 9.98. The summed E-state index contributed by atoms with van der Waals surface area (Å²) >= 11 is 2.55. The Morgan fingerprint density at radius 2 is 1.74 bits per heavy atom. The van der Waals surface area contributed by atoms with Gasteiger partial charge in [-0.25, -0.2) is 4.98 Å². The van der Waals surface area contributed by atoms with Crippen LogP contribution in [-0.4, -0.2) is 70.3 Å². The fourth-order valence-electron chi connectivity index (χ4n) is 5.12. The van der Waals surface area contributed by atoms with Gasteiger partial charge >= 0.3 is 6.18 Å². The second-order valence-corrected chi connectivity index (χ2v) is 11.5. The lowest BCUT2D eigenvalue weighted by Gasteiger charge is -2.50. The minimum atomic E-state index is -4.43. The van der Waals surface area contributed by atoms with E-state index >= 15 is 0 Å². The third-order valence-corrected chi connectivity index (χ3v) is 9.06. The van der Waals surface area contributed by atoms with Crippen molar-refractivity contribution in [3.8, 4) is 0 Å². The van der Waals surface area contributed by atoms with E-state index in [1.165, 1.54) is 28.7 Å². The van der Waals surface area contributed by atoms with Crippen LogP contribution in [0.2, 0.25) is 0 Å². The molecule has 4 aromatic rings. The normalized spacial score (nSPS) is 19.1. The first-order chi connectivity index (χ1) is 18.3. The molecule has 2 aliphatic rings. The number of hydrogen-bond acceptors (Lipinski definition) is 6. The quantitative estimate of drug-likeness (QED) is 0.338. The van der Waals surface area contributed by atoms with Crippen molar-refractivity contribution in [2.24, 2.45) is 0 Å². The Morgan fingerprint density at radius 1 is 0.947 bits per heavy atom. The summed E-state index contributed by atoms with van der Waals surface area (Å²) in [4.78, 5) is 36.8. The topological polar surface area (TPSA) is 56.8 Å². The van der Waals surface area contributed by atoms with Crippen LogP contribution < -0.4 is 0 Å². The maximum atomic E-state index is 13.7. The summed E-state index contributed by atoms with van der Waals surface area (Å²) in [5, 5.41) is 2.70. The molecule has 0 N–H and O–H groups in total. The second-order valence-electron chi connectivity index (χ2n) is 9.48. The number of alkyl halides is 3. The highest BCUT2D eigenvalue weighted by atomic mass is 32.1. The zero-order chi connectivity index (χ0) is 26.4. The highest BCUT2D eigenvalue weighted by Crippen LogP contribution is 2.36. The molecular weight excluding hydrogens is 533 g/mol. The number of carbonyl (C=O) groups excluding carboxylic acids is 2. The number of likely N-dealkylation sites (tertiary alicyclic amines) is 1. The SMILES string of the molecule is O=C(c1nccs1)N1CC(N2CCN(C(=O)c3cc4cc(C(F)(F)F)ccc4s3)C(c3ccccc3)C2)C1. The zero-order valence-electron chi connectivity index (χ0n) is 20.1. The Morgan fingerprint density at radius 3 is 2.45 bits per heavy atom. The van der Waals surface area contributed by atoms with Crippen molar-refractivity contribution in [1.82, 2.24) is 19.7 Å². The molecule has 2 amide bonds. The first-order valence-electron chi connectivity index (χ1n) is 12.2. The van der Waals surface area contributed by atoms with Crippen LogP contribution in [0.15, 0.2) is 66.2 Å². The van der Waals surface area contributed by atoms with E-state index in [0.717, 1.165) is 17.7 Å². The highest BCUT2D eigenvalue weighted by Gasteiger charge is 2.41. The van der Waals surface area contributed by atoms with Gasteiger partial charge in [0.05, 0.1) is 16.5 Å². The van der Waals surface area contributed by atoms with E-state index in [-0.39, 0.29) is 23.9 Å². The van der Waals surface area contributed by atoms with Crippen molar-refractivity contribution in [3.63, 3.8) is 0 Å². The molecule has 1 atom stereocenters. The molecule has 2 aliphatic heterocycles. The van der Waals surface area contributed by atoms with Gasteiger partial charge in [0.1, 0.15) is 0 Å². The molecule has 38 heavy (non-hydrogen) atoms. The van der Waals surface area contributed by atoms with Gasteiger partial charge in [0.2, 0.25) is 0 Å². The molecule has 11 heteroatoms. The number of amides is 2. The number of rotatable bonds is 4. The third-order valence-electron chi connectivity index (χ3n) is 7.19. The van der Waals surface area contributed by atoms with E-state index in [2.05, 4.69) is 9.88 Å². The van der Waals surface area contributed by atoms with Crippen LogP contribution in [0.25, 0.3) is 10.1 Å². The Labute approximate surface area is 224 Å². The molecule has 0 aliphatic carbocycles. The first kappa shape index (κ1) is 25.0. The summed E-state index contributed by atoms with van der Waals surface area (Å²) in [5.41, 5.74) is 0.279. The fourth-order valence-corrected chi connectivity index (χ4v) is 6.72. The van der Waals surface area contributed by atoms with Crippen LogP contribution in [-0.2, 0) is 6.18 Å². The van der Waals surface area contributed by atoms with Gasteiger partial charge in [-0.05, 0) is 35.2 Å². The predicted octanol–water partition coefficient (Wildman–Crippen LogP) is 5.40. The minimum Gasteiger partial charge on any atom is -0.333 e. The molecule has 2 aromatic carbocycles. The second kappa shape index (κ2) is 9.79. The van der Waals surface area contributed by atoms with Gasteiger partial charge in [-0.2, -0.15) is 13.2 Å². The standard InChI is InChI=1S/C27H23F3N4O2S2/c28-27(29,30)19-6-7-22-18(12-19)13-23(38-22)25(35)34-10-9-32(16-21(34)17-4-2-1-3-5-17)20-14-33(15-20)26(36)24-31-8-11-37-24/h1-8,11-13,20-21H,9-10,14-16H2. The largest absolute Gasteiger partial charge is 0.416 e. The van der Waals surface area contributed by atoms with Crippen LogP contribution in [0.3, 0.4) is 0 Å². The molecule has 0 bridgehead atoms. The highest BCUT2D eigenvalue weighted by molar-refractivity contribution is 7.20. The van der Waals surface area contributed by atoms with E-state index in [9.17, 15) is 22.8 Å². The molecule has 1 unspecified atom stereocenters. The van der Waals surface area contributed by atoms with Gasteiger partial charge in [-0.1, -0.05) is 30.3 Å². The Hall–Kier alpha value is -3.28. The molecule has 0 saturated carbocycles. The maximum Gasteiger partial charge on any atom is 0.416 e. The van der Waals surface area contributed by atoms with Gasteiger partial charge in [-0.15, -0.1) is 22.7 Å². The average Bonchev–Trinajstić information content (AvgIpc) is 3.57. The van der Waals surface area contributed by atoms with Crippen LogP contribution in [0, 0.1) is 0 Å². The minimum absolute atomic E-state index is 0.0527.